The highest BCUT2D eigenvalue weighted by molar-refractivity contribution is 9.10. The van der Waals surface area contributed by atoms with Crippen molar-refractivity contribution in [2.75, 3.05) is 7.11 Å². The molecule has 1 aromatic carbocycles. The number of rotatable bonds is 5. The number of oxazole rings is 1. The Morgan fingerprint density at radius 1 is 1.42 bits per heavy atom. The summed E-state index contributed by atoms with van der Waals surface area (Å²) in [5.74, 6) is 2.15. The fraction of sp³-hybridized carbons (Fsp3) is 0.357. The number of nitrogens with zero attached hydrogens (tertiary/aromatic N) is 1. The maximum Gasteiger partial charge on any atom is 0.208 e. The maximum absolute atomic E-state index is 5.73. The maximum atomic E-state index is 5.73. The second-order valence-corrected chi connectivity index (χ2v) is 5.41. The minimum Gasteiger partial charge on any atom is -0.496 e. The van der Waals surface area contributed by atoms with Gasteiger partial charge in [0.1, 0.15) is 5.75 Å². The van der Waals surface area contributed by atoms with Crippen molar-refractivity contribution < 1.29 is 9.15 Å². The van der Waals surface area contributed by atoms with Gasteiger partial charge < -0.3 is 14.5 Å². The van der Waals surface area contributed by atoms with Crippen LogP contribution >= 0.6 is 15.9 Å². The van der Waals surface area contributed by atoms with Crippen LogP contribution in [-0.4, -0.2) is 18.1 Å². The van der Waals surface area contributed by atoms with Gasteiger partial charge in [0, 0.05) is 10.5 Å². The Balaban J connectivity index is 2.22. The van der Waals surface area contributed by atoms with Crippen LogP contribution in [-0.2, 0) is 6.54 Å². The summed E-state index contributed by atoms with van der Waals surface area (Å²) >= 11 is 3.42. The summed E-state index contributed by atoms with van der Waals surface area (Å²) in [6.07, 6.45) is 1.73. The number of benzene rings is 1. The van der Waals surface area contributed by atoms with Crippen molar-refractivity contribution in [3.8, 4) is 17.1 Å². The largest absolute Gasteiger partial charge is 0.496 e. The zero-order valence-corrected chi connectivity index (χ0v) is 12.8. The van der Waals surface area contributed by atoms with E-state index in [4.69, 9.17) is 9.15 Å². The van der Waals surface area contributed by atoms with Crippen molar-refractivity contribution in [1.82, 2.24) is 10.3 Å². The first kappa shape index (κ1) is 14.1. The molecule has 0 atom stereocenters. The molecular weight excluding hydrogens is 308 g/mol. The third kappa shape index (κ3) is 3.58. The van der Waals surface area contributed by atoms with Gasteiger partial charge in [-0.25, -0.2) is 4.98 Å². The van der Waals surface area contributed by atoms with Crippen molar-refractivity contribution in [1.29, 1.82) is 0 Å². The molecule has 1 heterocycles. The Morgan fingerprint density at radius 3 is 2.89 bits per heavy atom. The predicted molar refractivity (Wildman–Crippen MR) is 78.2 cm³/mol. The minimum absolute atomic E-state index is 0.401. The fourth-order valence-electron chi connectivity index (χ4n) is 1.68. The van der Waals surface area contributed by atoms with E-state index >= 15 is 0 Å². The van der Waals surface area contributed by atoms with Crippen LogP contribution in [0.4, 0.5) is 0 Å². The van der Waals surface area contributed by atoms with Crippen molar-refractivity contribution in [3.05, 3.63) is 34.8 Å². The molecule has 1 aromatic heterocycles. The van der Waals surface area contributed by atoms with Crippen LogP contribution < -0.4 is 10.1 Å². The number of aromatic nitrogens is 1. The molecule has 0 aliphatic heterocycles. The zero-order chi connectivity index (χ0) is 13.8. The summed E-state index contributed by atoms with van der Waals surface area (Å²) in [7, 11) is 1.64. The standard InChI is InChI=1S/C14H17BrN2O2/c1-9(2)16-8-14-17-7-13(19-14)11-5-4-10(15)6-12(11)18-3/h4-7,9,16H,8H2,1-3H3. The first-order chi connectivity index (χ1) is 9.10. The van der Waals surface area contributed by atoms with E-state index in [2.05, 4.69) is 40.1 Å². The fourth-order valence-corrected chi connectivity index (χ4v) is 2.02. The Hall–Kier alpha value is -1.33. The van der Waals surface area contributed by atoms with E-state index in [1.165, 1.54) is 0 Å². The van der Waals surface area contributed by atoms with E-state index < -0.39 is 0 Å². The zero-order valence-electron chi connectivity index (χ0n) is 11.2. The first-order valence-corrected chi connectivity index (χ1v) is 6.91. The predicted octanol–water partition coefficient (Wildman–Crippen LogP) is 3.61. The number of nitrogens with one attached hydrogen (secondary N) is 1. The molecule has 1 N–H and O–H groups in total. The molecular formula is C14H17BrN2O2. The van der Waals surface area contributed by atoms with Gasteiger partial charge in [-0.15, -0.1) is 0 Å². The molecule has 0 radical (unpaired) electrons. The van der Waals surface area contributed by atoms with Gasteiger partial charge in [-0.3, -0.25) is 0 Å². The second kappa shape index (κ2) is 6.21. The van der Waals surface area contributed by atoms with Gasteiger partial charge in [-0.05, 0) is 18.2 Å². The van der Waals surface area contributed by atoms with Gasteiger partial charge >= 0.3 is 0 Å². The highest BCUT2D eigenvalue weighted by Gasteiger charge is 2.12. The number of methoxy groups -OCH3 is 1. The van der Waals surface area contributed by atoms with Crippen molar-refractivity contribution in [3.63, 3.8) is 0 Å². The van der Waals surface area contributed by atoms with Crippen LogP contribution in [0.5, 0.6) is 5.75 Å². The first-order valence-electron chi connectivity index (χ1n) is 6.12. The van der Waals surface area contributed by atoms with E-state index in [1.807, 2.05) is 18.2 Å². The van der Waals surface area contributed by atoms with E-state index in [-0.39, 0.29) is 0 Å². The smallest absolute Gasteiger partial charge is 0.208 e. The van der Waals surface area contributed by atoms with Crippen LogP contribution in [0.3, 0.4) is 0 Å². The molecule has 5 heteroatoms. The van der Waals surface area contributed by atoms with Crippen LogP contribution in [0.1, 0.15) is 19.7 Å². The number of ether oxygens (including phenoxy) is 1. The molecule has 4 nitrogen and oxygen atoms in total. The quantitative estimate of drug-likeness (QED) is 0.912. The molecule has 0 saturated heterocycles. The molecule has 0 unspecified atom stereocenters. The van der Waals surface area contributed by atoms with E-state index in [0.717, 1.165) is 15.8 Å². The van der Waals surface area contributed by atoms with Gasteiger partial charge in [0.15, 0.2) is 5.76 Å². The van der Waals surface area contributed by atoms with Crippen LogP contribution in [0, 0.1) is 0 Å². The van der Waals surface area contributed by atoms with Gasteiger partial charge in [0.2, 0.25) is 5.89 Å². The Kier molecular flexibility index (Phi) is 4.61. The molecule has 0 aliphatic rings. The van der Waals surface area contributed by atoms with Crippen molar-refractivity contribution in [2.24, 2.45) is 0 Å². The summed E-state index contributed by atoms with van der Waals surface area (Å²) in [6.45, 7) is 4.79. The van der Waals surface area contributed by atoms with Gasteiger partial charge in [-0.1, -0.05) is 29.8 Å². The average Bonchev–Trinajstić information content (AvgIpc) is 2.84. The lowest BCUT2D eigenvalue weighted by Gasteiger charge is -2.06. The number of hydrogen-bond donors (Lipinski definition) is 1. The Morgan fingerprint density at radius 2 is 2.21 bits per heavy atom. The summed E-state index contributed by atoms with van der Waals surface area (Å²) in [6, 6.07) is 6.21. The molecule has 19 heavy (non-hydrogen) atoms. The van der Waals surface area contributed by atoms with Gasteiger partial charge in [-0.2, -0.15) is 0 Å². The molecule has 0 bridgehead atoms. The molecule has 2 rings (SSSR count). The number of hydrogen-bond acceptors (Lipinski definition) is 4. The molecule has 0 amide bonds. The highest BCUT2D eigenvalue weighted by atomic mass is 79.9. The molecule has 0 spiro atoms. The van der Waals surface area contributed by atoms with Gasteiger partial charge in [0.05, 0.1) is 25.4 Å². The lowest BCUT2D eigenvalue weighted by molar-refractivity contribution is 0.412. The second-order valence-electron chi connectivity index (χ2n) is 4.50. The Bertz CT molecular complexity index is 552. The van der Waals surface area contributed by atoms with E-state index in [9.17, 15) is 0 Å². The van der Waals surface area contributed by atoms with Crippen molar-refractivity contribution in [2.45, 2.75) is 26.4 Å². The average molecular weight is 325 g/mol. The summed E-state index contributed by atoms with van der Waals surface area (Å²) in [5.41, 5.74) is 0.897. The minimum atomic E-state index is 0.401. The van der Waals surface area contributed by atoms with E-state index in [1.54, 1.807) is 13.3 Å². The molecule has 0 saturated carbocycles. The monoisotopic (exact) mass is 324 g/mol. The van der Waals surface area contributed by atoms with Crippen LogP contribution in [0.25, 0.3) is 11.3 Å². The molecule has 0 fully saturated rings. The topological polar surface area (TPSA) is 47.3 Å². The summed E-state index contributed by atoms with van der Waals surface area (Å²) < 4.78 is 12.1. The number of halogens is 1. The van der Waals surface area contributed by atoms with Crippen LogP contribution in [0.2, 0.25) is 0 Å². The Labute approximate surface area is 121 Å². The molecule has 2 aromatic rings. The van der Waals surface area contributed by atoms with Crippen molar-refractivity contribution >= 4 is 15.9 Å². The van der Waals surface area contributed by atoms with Gasteiger partial charge in [0.25, 0.3) is 0 Å². The third-order valence-corrected chi connectivity index (χ3v) is 3.14. The SMILES string of the molecule is COc1cc(Br)ccc1-c1cnc(CNC(C)C)o1. The third-order valence-electron chi connectivity index (χ3n) is 2.64. The molecule has 102 valence electrons. The van der Waals surface area contributed by atoms with E-state index in [0.29, 0.717) is 24.2 Å². The summed E-state index contributed by atoms with van der Waals surface area (Å²) in [5, 5.41) is 3.27. The molecule has 0 aliphatic carbocycles. The lowest BCUT2D eigenvalue weighted by atomic mass is 10.1. The summed E-state index contributed by atoms with van der Waals surface area (Å²) in [4.78, 5) is 4.27. The lowest BCUT2D eigenvalue weighted by Crippen LogP contribution is -2.21. The highest BCUT2D eigenvalue weighted by Crippen LogP contribution is 2.32. The normalized spacial score (nSPS) is 11.0. The van der Waals surface area contributed by atoms with Crippen LogP contribution in [0.15, 0.2) is 33.3 Å².